The molecule has 0 spiro atoms. The van der Waals surface area contributed by atoms with E-state index in [9.17, 15) is 28.1 Å². The first kappa shape index (κ1) is 47.0. The number of anilines is 1. The van der Waals surface area contributed by atoms with Gasteiger partial charge in [0.1, 0.15) is 31.0 Å². The highest BCUT2D eigenvalue weighted by atomic mass is 35.5. The molecule has 14 nitrogen and oxygen atoms in total. The Labute approximate surface area is 401 Å². The molecule has 5 aromatic carbocycles. The molecule has 3 heterocycles. The summed E-state index contributed by atoms with van der Waals surface area (Å²) in [5, 5.41) is 13.1. The Morgan fingerprint density at radius 2 is 1.61 bits per heavy atom. The number of esters is 1. The first-order chi connectivity index (χ1) is 32.1. The zero-order valence-electron chi connectivity index (χ0n) is 36.6. The Hall–Kier alpha value is -6.48. The van der Waals surface area contributed by atoms with E-state index in [2.05, 4.69) is 16.4 Å². The summed E-state index contributed by atoms with van der Waals surface area (Å²) in [5.74, 6) is -0.324. The standard InChI is InChI=1S/C49H43Cl2N5O9S2/c1-28-48(66-49(53-28)55(3)29(2)57)67(60,61)56-25-37-23-44-43(64-27-45(65-44)35-14-16-38(17-15-35)63-26-32-9-18-39(50)40(51)19-32)22-36(37)21-42(56)46(58)54-41(47(59)62-4)20-30-5-10-33(11-6-30)34-12-7-31(24-52)8-13-34/h5-19,22-23,41-42,45H,20-21,25-27H2,1-4H3,(H,54,58)/t41-,42-,45-/m0/s1. The number of thiazole rings is 1. The van der Waals surface area contributed by atoms with Crippen LogP contribution in [0.4, 0.5) is 5.13 Å². The van der Waals surface area contributed by atoms with Crippen LogP contribution in [0.3, 0.4) is 0 Å². The summed E-state index contributed by atoms with van der Waals surface area (Å²) < 4.78 is 54.4. The third kappa shape index (κ3) is 10.3. The number of carbonyl (C=O) groups excluding carboxylic acids is 3. The van der Waals surface area contributed by atoms with Gasteiger partial charge in [0.2, 0.25) is 11.8 Å². The van der Waals surface area contributed by atoms with Crippen molar-refractivity contribution in [1.29, 1.82) is 5.26 Å². The summed E-state index contributed by atoms with van der Waals surface area (Å²) in [7, 11) is -1.76. The Kier molecular flexibility index (Phi) is 13.9. The fraction of sp³-hybridized carbons (Fsp3) is 0.245. The monoisotopic (exact) mass is 979 g/mol. The number of ether oxygens (including phenoxy) is 4. The maximum absolute atomic E-state index is 14.8. The highest BCUT2D eigenvalue weighted by Gasteiger charge is 2.43. The van der Waals surface area contributed by atoms with E-state index < -0.39 is 40.1 Å². The Morgan fingerprint density at radius 3 is 2.27 bits per heavy atom. The summed E-state index contributed by atoms with van der Waals surface area (Å²) in [6, 6.07) is 30.3. The molecule has 0 aliphatic carbocycles. The number of aromatic nitrogens is 1. The minimum absolute atomic E-state index is 0.0468. The van der Waals surface area contributed by atoms with Gasteiger partial charge in [0.15, 0.2) is 26.9 Å². The van der Waals surface area contributed by atoms with Gasteiger partial charge in [-0.05, 0) is 101 Å². The maximum Gasteiger partial charge on any atom is 0.328 e. The largest absolute Gasteiger partial charge is 0.489 e. The van der Waals surface area contributed by atoms with E-state index in [0.717, 1.165) is 37.9 Å². The van der Waals surface area contributed by atoms with Crippen LogP contribution in [0.1, 0.15) is 52.1 Å². The SMILES string of the molecule is COC(=O)[C@H](Cc1ccc(-c2ccc(C#N)cc2)cc1)NC(=O)[C@@H]1Cc2cc3c(cc2CN1S(=O)(=O)c1sc(N(C)C(C)=O)nc1C)O[C@H](c1ccc(OCc2ccc(Cl)c(Cl)c2)cc1)CO3. The van der Waals surface area contributed by atoms with Crippen LogP contribution in [0.15, 0.2) is 107 Å². The molecule has 0 saturated carbocycles. The van der Waals surface area contributed by atoms with E-state index in [1.54, 1.807) is 36.4 Å². The van der Waals surface area contributed by atoms with Gasteiger partial charge < -0.3 is 24.3 Å². The summed E-state index contributed by atoms with van der Waals surface area (Å²) in [4.78, 5) is 45.7. The molecule has 18 heteroatoms. The van der Waals surface area contributed by atoms with E-state index >= 15 is 0 Å². The molecule has 0 unspecified atom stereocenters. The van der Waals surface area contributed by atoms with Crippen molar-refractivity contribution in [3.05, 3.63) is 152 Å². The second-order valence-electron chi connectivity index (χ2n) is 16.0. The number of fused-ring (bicyclic) bond motifs is 2. The van der Waals surface area contributed by atoms with Crippen molar-refractivity contribution in [3.8, 4) is 34.4 Å². The number of methoxy groups -OCH3 is 1. The van der Waals surface area contributed by atoms with Gasteiger partial charge in [0, 0.05) is 26.9 Å². The van der Waals surface area contributed by atoms with Gasteiger partial charge in [0.05, 0.1) is 34.5 Å². The van der Waals surface area contributed by atoms with Crippen LogP contribution < -0.4 is 24.4 Å². The van der Waals surface area contributed by atoms with Crippen LogP contribution >= 0.6 is 34.5 Å². The minimum Gasteiger partial charge on any atom is -0.489 e. The fourth-order valence-electron chi connectivity index (χ4n) is 7.74. The first-order valence-corrected chi connectivity index (χ1v) is 24.0. The molecule has 3 atom stereocenters. The third-order valence-corrected chi connectivity index (χ3v) is 16.0. The number of aryl methyl sites for hydroxylation is 1. The van der Waals surface area contributed by atoms with E-state index in [1.807, 2.05) is 66.7 Å². The molecule has 1 aromatic heterocycles. The zero-order chi connectivity index (χ0) is 47.6. The lowest BCUT2D eigenvalue weighted by Crippen LogP contribution is -2.56. The molecular weight excluding hydrogens is 938 g/mol. The molecule has 0 radical (unpaired) electrons. The number of halogens is 2. The van der Waals surface area contributed by atoms with Crippen molar-refractivity contribution in [3.63, 3.8) is 0 Å². The molecule has 1 N–H and O–H groups in total. The summed E-state index contributed by atoms with van der Waals surface area (Å²) in [6.45, 7) is 3.10. The molecule has 2 amide bonds. The van der Waals surface area contributed by atoms with Crippen LogP contribution in [-0.4, -0.2) is 68.3 Å². The van der Waals surface area contributed by atoms with Crippen LogP contribution in [0.25, 0.3) is 11.1 Å². The van der Waals surface area contributed by atoms with Crippen molar-refractivity contribution in [2.24, 2.45) is 0 Å². The van der Waals surface area contributed by atoms with E-state index in [4.69, 9.17) is 42.1 Å². The predicted molar refractivity (Wildman–Crippen MR) is 253 cm³/mol. The molecule has 0 saturated heterocycles. The molecule has 344 valence electrons. The zero-order valence-corrected chi connectivity index (χ0v) is 39.8. The number of nitrogens with zero attached hydrogens (tertiary/aromatic N) is 4. The number of carbonyl (C=O) groups is 3. The first-order valence-electron chi connectivity index (χ1n) is 20.9. The lowest BCUT2D eigenvalue weighted by Gasteiger charge is -2.36. The molecular formula is C49H43Cl2N5O9S2. The fourth-order valence-corrected chi connectivity index (χ4v) is 11.3. The number of benzene rings is 5. The van der Waals surface area contributed by atoms with Gasteiger partial charge >= 0.3 is 5.97 Å². The quantitative estimate of drug-likeness (QED) is 0.110. The minimum atomic E-state index is -4.47. The third-order valence-electron chi connectivity index (χ3n) is 11.5. The number of rotatable bonds is 13. The summed E-state index contributed by atoms with van der Waals surface area (Å²) >= 11 is 13.0. The van der Waals surface area contributed by atoms with Gasteiger partial charge in [-0.3, -0.25) is 14.5 Å². The van der Waals surface area contributed by atoms with E-state index in [-0.39, 0.29) is 53.5 Å². The van der Waals surface area contributed by atoms with Crippen molar-refractivity contribution in [1.82, 2.24) is 14.6 Å². The highest BCUT2D eigenvalue weighted by molar-refractivity contribution is 7.91. The molecule has 67 heavy (non-hydrogen) atoms. The summed E-state index contributed by atoms with van der Waals surface area (Å²) in [5.41, 5.74) is 6.10. The van der Waals surface area contributed by atoms with Gasteiger partial charge in [-0.25, -0.2) is 18.2 Å². The Bertz CT molecular complexity index is 3010. The Morgan fingerprint density at radius 1 is 0.940 bits per heavy atom. The number of amides is 2. The molecule has 2 aliphatic rings. The van der Waals surface area contributed by atoms with E-state index in [0.29, 0.717) is 49.5 Å². The van der Waals surface area contributed by atoms with Crippen LogP contribution in [0.5, 0.6) is 17.2 Å². The van der Waals surface area contributed by atoms with Crippen molar-refractivity contribution in [2.45, 2.75) is 62.2 Å². The number of hydrogen-bond donors (Lipinski definition) is 1. The summed E-state index contributed by atoms with van der Waals surface area (Å²) in [6.07, 6.45) is -0.531. The normalized spacial score (nSPS) is 16.0. The van der Waals surface area contributed by atoms with Crippen LogP contribution in [0, 0.1) is 18.3 Å². The lowest BCUT2D eigenvalue weighted by atomic mass is 9.93. The van der Waals surface area contributed by atoms with Crippen molar-refractivity contribution < 1.29 is 41.7 Å². The Balaban J connectivity index is 1.04. The number of hydrogen-bond acceptors (Lipinski definition) is 12. The average Bonchev–Trinajstić information content (AvgIpc) is 3.74. The van der Waals surface area contributed by atoms with Gasteiger partial charge in [-0.2, -0.15) is 9.57 Å². The van der Waals surface area contributed by atoms with Gasteiger partial charge in [-0.1, -0.05) is 89.1 Å². The molecule has 8 rings (SSSR count). The predicted octanol–water partition coefficient (Wildman–Crippen LogP) is 8.39. The van der Waals surface area contributed by atoms with Crippen molar-refractivity contribution in [2.75, 3.05) is 25.7 Å². The lowest BCUT2D eigenvalue weighted by molar-refractivity contribution is -0.145. The smallest absolute Gasteiger partial charge is 0.328 e. The average molecular weight is 981 g/mol. The molecule has 6 aromatic rings. The van der Waals surface area contributed by atoms with E-state index in [1.165, 1.54) is 32.9 Å². The molecule has 2 aliphatic heterocycles. The van der Waals surface area contributed by atoms with Crippen molar-refractivity contribution >= 4 is 67.5 Å². The molecule has 0 fully saturated rings. The second kappa shape index (κ2) is 19.8. The topological polar surface area (TPSA) is 177 Å². The van der Waals surface area contributed by atoms with Crippen LogP contribution in [-0.2, 0) is 55.1 Å². The van der Waals surface area contributed by atoms with Gasteiger partial charge in [0.25, 0.3) is 10.0 Å². The molecule has 0 bridgehead atoms. The van der Waals surface area contributed by atoms with Gasteiger partial charge in [-0.15, -0.1) is 0 Å². The van der Waals surface area contributed by atoms with Crippen LogP contribution in [0.2, 0.25) is 10.0 Å². The number of nitrogens with one attached hydrogen (secondary N) is 1. The number of nitriles is 1. The maximum atomic E-state index is 14.8. The highest BCUT2D eigenvalue weighted by Crippen LogP contribution is 2.43. The second-order valence-corrected chi connectivity index (χ2v) is 19.9. The number of sulfonamides is 1.